The first-order valence-electron chi connectivity index (χ1n) is 6.93. The summed E-state index contributed by atoms with van der Waals surface area (Å²) in [6.07, 6.45) is 0.546. The molecular formula is C16H20N2O3. The largest absolute Gasteiger partial charge is 0.388 e. The zero-order valence-electron chi connectivity index (χ0n) is 12.1. The highest BCUT2D eigenvalue weighted by atomic mass is 16.3. The van der Waals surface area contributed by atoms with E-state index in [9.17, 15) is 14.7 Å². The molecule has 1 saturated heterocycles. The molecule has 0 aromatic heterocycles. The lowest BCUT2D eigenvalue weighted by Gasteiger charge is -2.43. The Morgan fingerprint density at radius 1 is 1.43 bits per heavy atom. The highest BCUT2D eigenvalue weighted by molar-refractivity contribution is 5.87. The molecule has 21 heavy (non-hydrogen) atoms. The van der Waals surface area contributed by atoms with Crippen LogP contribution in [0.25, 0.3) is 0 Å². The summed E-state index contributed by atoms with van der Waals surface area (Å²) in [4.78, 5) is 26.8. The summed E-state index contributed by atoms with van der Waals surface area (Å²) in [6, 6.07) is 9.16. The zero-order chi connectivity index (χ0) is 15.4. The first-order valence-corrected chi connectivity index (χ1v) is 6.93. The van der Waals surface area contributed by atoms with Gasteiger partial charge in [0.2, 0.25) is 11.8 Å². The van der Waals surface area contributed by atoms with Crippen LogP contribution in [-0.4, -0.2) is 52.9 Å². The van der Waals surface area contributed by atoms with Crippen molar-refractivity contribution in [2.24, 2.45) is 0 Å². The molecule has 0 spiro atoms. The molecule has 5 heteroatoms. The quantitative estimate of drug-likeness (QED) is 0.821. The monoisotopic (exact) mass is 288 g/mol. The Morgan fingerprint density at radius 3 is 2.62 bits per heavy atom. The van der Waals surface area contributed by atoms with E-state index in [2.05, 4.69) is 6.58 Å². The molecule has 2 rings (SSSR count). The van der Waals surface area contributed by atoms with Crippen LogP contribution in [0.15, 0.2) is 43.0 Å². The normalized spacial score (nSPS) is 16.0. The van der Waals surface area contributed by atoms with Crippen molar-refractivity contribution in [1.29, 1.82) is 0 Å². The fraction of sp³-hybridized carbons (Fsp3) is 0.375. The highest BCUT2D eigenvalue weighted by Gasteiger charge is 2.35. The Labute approximate surface area is 124 Å². The summed E-state index contributed by atoms with van der Waals surface area (Å²) in [7, 11) is 1.70. The van der Waals surface area contributed by atoms with E-state index in [0.717, 1.165) is 5.56 Å². The summed E-state index contributed by atoms with van der Waals surface area (Å²) in [5.41, 5.74) is 0.738. The van der Waals surface area contributed by atoms with Gasteiger partial charge in [0, 0.05) is 20.1 Å². The van der Waals surface area contributed by atoms with Gasteiger partial charge in [-0.15, -0.1) is 0 Å². The number of rotatable bonds is 5. The number of hydrogen-bond acceptors (Lipinski definition) is 3. The maximum atomic E-state index is 12.1. The van der Waals surface area contributed by atoms with Gasteiger partial charge in [-0.2, -0.15) is 0 Å². The third-order valence-corrected chi connectivity index (χ3v) is 3.84. The average molecular weight is 288 g/mol. The SMILES string of the molecule is C=CC(=O)N(C)C1CN(C(=O)C[C@H](O)c2ccccc2)C1. The topological polar surface area (TPSA) is 60.9 Å². The van der Waals surface area contributed by atoms with Crippen molar-refractivity contribution in [2.45, 2.75) is 18.6 Å². The molecule has 1 aromatic carbocycles. The molecule has 1 N–H and O–H groups in total. The van der Waals surface area contributed by atoms with Crippen molar-refractivity contribution in [3.05, 3.63) is 48.6 Å². The number of likely N-dealkylation sites (tertiary alicyclic amines) is 1. The number of aliphatic hydroxyl groups is 1. The second-order valence-electron chi connectivity index (χ2n) is 5.24. The number of carbonyl (C=O) groups is 2. The van der Waals surface area contributed by atoms with Gasteiger partial charge >= 0.3 is 0 Å². The number of nitrogens with zero attached hydrogens (tertiary/aromatic N) is 2. The summed E-state index contributed by atoms with van der Waals surface area (Å²) in [5, 5.41) is 10.0. The molecule has 2 amide bonds. The number of amides is 2. The van der Waals surface area contributed by atoms with Crippen LogP contribution < -0.4 is 0 Å². The zero-order valence-corrected chi connectivity index (χ0v) is 12.1. The fourth-order valence-electron chi connectivity index (χ4n) is 2.32. The predicted molar refractivity (Wildman–Crippen MR) is 79.4 cm³/mol. The van der Waals surface area contributed by atoms with Crippen LogP contribution in [-0.2, 0) is 9.59 Å². The van der Waals surface area contributed by atoms with E-state index in [-0.39, 0.29) is 24.3 Å². The third-order valence-electron chi connectivity index (χ3n) is 3.84. The molecular weight excluding hydrogens is 268 g/mol. The second kappa shape index (κ2) is 6.54. The molecule has 112 valence electrons. The van der Waals surface area contributed by atoms with Crippen molar-refractivity contribution < 1.29 is 14.7 Å². The van der Waals surface area contributed by atoms with Crippen LogP contribution in [0.5, 0.6) is 0 Å². The van der Waals surface area contributed by atoms with Gasteiger partial charge in [-0.05, 0) is 11.6 Å². The number of benzene rings is 1. The summed E-state index contributed by atoms with van der Waals surface area (Å²) in [5.74, 6) is -0.238. The first-order chi connectivity index (χ1) is 10.0. The Hall–Kier alpha value is -2.14. The Balaban J connectivity index is 1.82. The Bertz CT molecular complexity index is 524. The molecule has 0 saturated carbocycles. The lowest BCUT2D eigenvalue weighted by atomic mass is 10.0. The van der Waals surface area contributed by atoms with Gasteiger partial charge in [-0.25, -0.2) is 0 Å². The number of likely N-dealkylation sites (N-methyl/N-ethyl adjacent to an activating group) is 1. The predicted octanol–water partition coefficient (Wildman–Crippen LogP) is 0.965. The van der Waals surface area contributed by atoms with Crippen molar-refractivity contribution in [2.75, 3.05) is 20.1 Å². The van der Waals surface area contributed by atoms with Gasteiger partial charge in [0.25, 0.3) is 0 Å². The second-order valence-corrected chi connectivity index (χ2v) is 5.24. The van der Waals surface area contributed by atoms with Gasteiger partial charge in [0.05, 0.1) is 18.6 Å². The minimum atomic E-state index is -0.787. The number of hydrogen-bond donors (Lipinski definition) is 1. The van der Waals surface area contributed by atoms with Crippen LogP contribution in [0.3, 0.4) is 0 Å². The lowest BCUT2D eigenvalue weighted by Crippen LogP contribution is -2.61. The average Bonchev–Trinajstić information content (AvgIpc) is 2.45. The van der Waals surface area contributed by atoms with E-state index in [1.807, 2.05) is 18.2 Å². The molecule has 1 heterocycles. The van der Waals surface area contributed by atoms with Crippen LogP contribution >= 0.6 is 0 Å². The summed E-state index contributed by atoms with van der Waals surface area (Å²) in [6.45, 7) is 4.47. The van der Waals surface area contributed by atoms with Crippen molar-refractivity contribution in [3.63, 3.8) is 0 Å². The molecule has 1 aliphatic heterocycles. The van der Waals surface area contributed by atoms with Gasteiger partial charge in [-0.1, -0.05) is 36.9 Å². The molecule has 1 atom stereocenters. The maximum absolute atomic E-state index is 12.1. The van der Waals surface area contributed by atoms with E-state index in [1.165, 1.54) is 6.08 Å². The van der Waals surface area contributed by atoms with Crippen molar-refractivity contribution in [3.8, 4) is 0 Å². The van der Waals surface area contributed by atoms with Crippen LogP contribution in [0.2, 0.25) is 0 Å². The molecule has 1 aliphatic rings. The minimum Gasteiger partial charge on any atom is -0.388 e. The van der Waals surface area contributed by atoms with Gasteiger partial charge in [0.15, 0.2) is 0 Å². The molecule has 0 aliphatic carbocycles. The smallest absolute Gasteiger partial charge is 0.246 e. The molecule has 1 fully saturated rings. The number of aliphatic hydroxyl groups excluding tert-OH is 1. The van der Waals surface area contributed by atoms with E-state index in [1.54, 1.807) is 29.0 Å². The van der Waals surface area contributed by atoms with Crippen LogP contribution in [0.4, 0.5) is 0 Å². The maximum Gasteiger partial charge on any atom is 0.246 e. The molecule has 0 unspecified atom stereocenters. The molecule has 5 nitrogen and oxygen atoms in total. The van der Waals surface area contributed by atoms with E-state index >= 15 is 0 Å². The molecule has 0 radical (unpaired) electrons. The van der Waals surface area contributed by atoms with E-state index in [0.29, 0.717) is 13.1 Å². The van der Waals surface area contributed by atoms with Crippen molar-refractivity contribution in [1.82, 2.24) is 9.80 Å². The van der Waals surface area contributed by atoms with Gasteiger partial charge in [-0.3, -0.25) is 9.59 Å². The Kier molecular flexibility index (Phi) is 4.75. The van der Waals surface area contributed by atoms with Crippen LogP contribution in [0.1, 0.15) is 18.1 Å². The summed E-state index contributed by atoms with van der Waals surface area (Å²) >= 11 is 0. The molecule has 1 aromatic rings. The Morgan fingerprint density at radius 2 is 2.05 bits per heavy atom. The van der Waals surface area contributed by atoms with Gasteiger partial charge < -0.3 is 14.9 Å². The lowest BCUT2D eigenvalue weighted by molar-refractivity contribution is -0.144. The first kappa shape index (κ1) is 15.3. The van der Waals surface area contributed by atoms with E-state index in [4.69, 9.17) is 0 Å². The highest BCUT2D eigenvalue weighted by Crippen LogP contribution is 2.21. The van der Waals surface area contributed by atoms with Gasteiger partial charge in [0.1, 0.15) is 0 Å². The standard InChI is InChI=1S/C16H20N2O3/c1-3-15(20)17(2)13-10-18(11-13)16(21)9-14(19)12-7-5-4-6-8-12/h3-8,13-14,19H,1,9-11H2,2H3/t14-/m0/s1. The minimum absolute atomic E-state index is 0.0355. The fourth-order valence-corrected chi connectivity index (χ4v) is 2.32. The van der Waals surface area contributed by atoms with Crippen molar-refractivity contribution >= 4 is 11.8 Å². The van der Waals surface area contributed by atoms with E-state index < -0.39 is 6.10 Å². The third kappa shape index (κ3) is 3.49. The number of carbonyl (C=O) groups excluding carboxylic acids is 2. The molecule has 0 bridgehead atoms. The van der Waals surface area contributed by atoms with Crippen LogP contribution in [0, 0.1) is 0 Å². The summed E-state index contributed by atoms with van der Waals surface area (Å²) < 4.78 is 0.